The zero-order valence-corrected chi connectivity index (χ0v) is 11.5. The lowest BCUT2D eigenvalue weighted by molar-refractivity contribution is 0.325. The highest BCUT2D eigenvalue weighted by atomic mass is 16.5. The molecule has 2 aliphatic rings. The van der Waals surface area contributed by atoms with Crippen LogP contribution in [0.2, 0.25) is 0 Å². The summed E-state index contributed by atoms with van der Waals surface area (Å²) in [6.07, 6.45) is 8.64. The van der Waals surface area contributed by atoms with Crippen LogP contribution in [0, 0.1) is 0 Å². The summed E-state index contributed by atoms with van der Waals surface area (Å²) in [6, 6.07) is 1.24. The van der Waals surface area contributed by atoms with Crippen LogP contribution in [0.15, 0.2) is 12.4 Å². The largest absolute Gasteiger partial charge is 0.477 e. The summed E-state index contributed by atoms with van der Waals surface area (Å²) in [4.78, 5) is 11.2. The van der Waals surface area contributed by atoms with Gasteiger partial charge >= 0.3 is 0 Å². The Morgan fingerprint density at radius 3 is 2.95 bits per heavy atom. The van der Waals surface area contributed by atoms with E-state index in [-0.39, 0.29) is 0 Å². The third-order valence-corrected chi connectivity index (χ3v) is 3.75. The van der Waals surface area contributed by atoms with Gasteiger partial charge in [0.2, 0.25) is 5.88 Å². The number of nitrogens with one attached hydrogen (secondary N) is 1. The molecule has 1 atom stereocenters. The van der Waals surface area contributed by atoms with Crippen molar-refractivity contribution in [2.75, 3.05) is 24.6 Å². The van der Waals surface area contributed by atoms with E-state index < -0.39 is 0 Å². The van der Waals surface area contributed by atoms with Crippen LogP contribution >= 0.6 is 0 Å². The van der Waals surface area contributed by atoms with Crippen molar-refractivity contribution in [1.82, 2.24) is 15.3 Å². The molecular formula is C14H22N4O. The Kier molecular flexibility index (Phi) is 3.82. The van der Waals surface area contributed by atoms with Crippen molar-refractivity contribution >= 4 is 5.82 Å². The molecule has 2 heterocycles. The average Bonchev–Trinajstić information content (AvgIpc) is 3.14. The second-order valence-corrected chi connectivity index (χ2v) is 5.33. The number of aromatic nitrogens is 2. The molecular weight excluding hydrogens is 240 g/mol. The minimum Gasteiger partial charge on any atom is -0.477 e. The topological polar surface area (TPSA) is 50.3 Å². The molecule has 0 aromatic carbocycles. The van der Waals surface area contributed by atoms with Crippen molar-refractivity contribution in [1.29, 1.82) is 0 Å². The first-order valence-corrected chi connectivity index (χ1v) is 7.31. The molecule has 0 spiro atoms. The first-order chi connectivity index (χ1) is 9.36. The summed E-state index contributed by atoms with van der Waals surface area (Å²) in [5.74, 6) is 1.59. The Bertz CT molecular complexity index is 416. The van der Waals surface area contributed by atoms with Crippen LogP contribution in [0.3, 0.4) is 0 Å². The Hall–Kier alpha value is -1.36. The number of hydrogen-bond donors (Lipinski definition) is 1. The van der Waals surface area contributed by atoms with E-state index >= 15 is 0 Å². The van der Waals surface area contributed by atoms with Crippen molar-refractivity contribution in [3.63, 3.8) is 0 Å². The molecule has 5 heteroatoms. The molecule has 1 aromatic heterocycles. The second-order valence-electron chi connectivity index (χ2n) is 5.33. The molecule has 104 valence electrons. The number of anilines is 1. The van der Waals surface area contributed by atoms with E-state index in [1.165, 1.54) is 25.7 Å². The predicted octanol–water partition coefficient (Wildman–Crippen LogP) is 1.60. The fourth-order valence-corrected chi connectivity index (χ4v) is 2.66. The van der Waals surface area contributed by atoms with E-state index in [0.29, 0.717) is 24.6 Å². The average molecular weight is 262 g/mol. The van der Waals surface area contributed by atoms with Crippen LogP contribution in [-0.4, -0.2) is 41.7 Å². The zero-order valence-electron chi connectivity index (χ0n) is 11.5. The normalized spacial score (nSPS) is 22.5. The van der Waals surface area contributed by atoms with E-state index in [4.69, 9.17) is 4.74 Å². The minimum atomic E-state index is 0.596. The highest BCUT2D eigenvalue weighted by Gasteiger charge is 2.32. The SMILES string of the molecule is CCOc1cncc(N(CC2CCCN2)C2CC2)n1. The summed E-state index contributed by atoms with van der Waals surface area (Å²) < 4.78 is 5.45. The Morgan fingerprint density at radius 2 is 2.26 bits per heavy atom. The van der Waals surface area contributed by atoms with Crippen molar-refractivity contribution in [3.05, 3.63) is 12.4 Å². The standard InChI is InChI=1S/C14H22N4O/c1-2-19-14-9-15-8-13(17-14)18(12-5-6-12)10-11-4-3-7-16-11/h8-9,11-12,16H,2-7,10H2,1H3. The Labute approximate surface area is 114 Å². The highest BCUT2D eigenvalue weighted by molar-refractivity contribution is 5.41. The molecule has 2 fully saturated rings. The Balaban J connectivity index is 1.73. The van der Waals surface area contributed by atoms with Gasteiger partial charge in [0.25, 0.3) is 0 Å². The van der Waals surface area contributed by atoms with Crippen LogP contribution in [0.5, 0.6) is 5.88 Å². The number of hydrogen-bond acceptors (Lipinski definition) is 5. The molecule has 3 rings (SSSR count). The summed E-state index contributed by atoms with van der Waals surface area (Å²) in [5.41, 5.74) is 0. The van der Waals surface area contributed by atoms with Crippen molar-refractivity contribution in [2.45, 2.75) is 44.7 Å². The van der Waals surface area contributed by atoms with E-state index in [1.54, 1.807) is 6.20 Å². The van der Waals surface area contributed by atoms with Crippen LogP contribution < -0.4 is 15.0 Å². The molecule has 5 nitrogen and oxygen atoms in total. The van der Waals surface area contributed by atoms with Gasteiger partial charge in [-0.1, -0.05) is 0 Å². The zero-order chi connectivity index (χ0) is 13.1. The molecule has 1 aromatic rings. The first kappa shape index (κ1) is 12.7. The molecule has 1 saturated heterocycles. The van der Waals surface area contributed by atoms with E-state index in [2.05, 4.69) is 20.2 Å². The smallest absolute Gasteiger partial charge is 0.234 e. The van der Waals surface area contributed by atoms with Crippen molar-refractivity contribution < 1.29 is 4.74 Å². The second kappa shape index (κ2) is 5.74. The molecule has 1 aliphatic carbocycles. The van der Waals surface area contributed by atoms with Crippen molar-refractivity contribution in [2.24, 2.45) is 0 Å². The molecule has 19 heavy (non-hydrogen) atoms. The summed E-state index contributed by atoms with van der Waals surface area (Å²) in [6.45, 7) is 4.78. The number of rotatable bonds is 6. The van der Waals surface area contributed by atoms with Crippen LogP contribution in [-0.2, 0) is 0 Å². The lowest BCUT2D eigenvalue weighted by atomic mass is 10.2. The molecule has 1 saturated carbocycles. The number of ether oxygens (including phenoxy) is 1. The lowest BCUT2D eigenvalue weighted by Crippen LogP contribution is -2.39. The predicted molar refractivity (Wildman–Crippen MR) is 74.6 cm³/mol. The summed E-state index contributed by atoms with van der Waals surface area (Å²) in [7, 11) is 0. The fourth-order valence-electron chi connectivity index (χ4n) is 2.66. The van der Waals surface area contributed by atoms with Gasteiger partial charge in [0.05, 0.1) is 19.0 Å². The summed E-state index contributed by atoms with van der Waals surface area (Å²) in [5, 5.41) is 3.56. The molecule has 1 unspecified atom stereocenters. The van der Waals surface area contributed by atoms with Gasteiger partial charge < -0.3 is 15.0 Å². The van der Waals surface area contributed by atoms with Gasteiger partial charge in [-0.2, -0.15) is 4.98 Å². The lowest BCUT2D eigenvalue weighted by Gasteiger charge is -2.26. The van der Waals surface area contributed by atoms with Crippen LogP contribution in [0.4, 0.5) is 5.82 Å². The van der Waals surface area contributed by atoms with Crippen LogP contribution in [0.1, 0.15) is 32.6 Å². The van der Waals surface area contributed by atoms with Gasteiger partial charge in [-0.25, -0.2) is 0 Å². The fraction of sp³-hybridized carbons (Fsp3) is 0.714. The minimum absolute atomic E-state index is 0.596. The van der Waals surface area contributed by atoms with Gasteiger partial charge in [-0.05, 0) is 39.2 Å². The van der Waals surface area contributed by atoms with E-state index in [1.807, 2.05) is 13.1 Å². The molecule has 1 aliphatic heterocycles. The first-order valence-electron chi connectivity index (χ1n) is 7.31. The van der Waals surface area contributed by atoms with E-state index in [9.17, 15) is 0 Å². The monoisotopic (exact) mass is 262 g/mol. The molecule has 0 amide bonds. The maximum absolute atomic E-state index is 5.45. The molecule has 0 radical (unpaired) electrons. The van der Waals surface area contributed by atoms with Crippen LogP contribution in [0.25, 0.3) is 0 Å². The van der Waals surface area contributed by atoms with Gasteiger partial charge in [-0.15, -0.1) is 0 Å². The molecule has 1 N–H and O–H groups in total. The maximum Gasteiger partial charge on any atom is 0.234 e. The number of nitrogens with zero attached hydrogens (tertiary/aromatic N) is 3. The van der Waals surface area contributed by atoms with Gasteiger partial charge in [0.1, 0.15) is 0 Å². The van der Waals surface area contributed by atoms with Gasteiger partial charge in [-0.3, -0.25) is 4.98 Å². The van der Waals surface area contributed by atoms with Gasteiger partial charge in [0.15, 0.2) is 5.82 Å². The van der Waals surface area contributed by atoms with Crippen molar-refractivity contribution in [3.8, 4) is 5.88 Å². The third-order valence-electron chi connectivity index (χ3n) is 3.75. The third kappa shape index (κ3) is 3.15. The molecule has 0 bridgehead atoms. The Morgan fingerprint density at radius 1 is 1.37 bits per heavy atom. The quantitative estimate of drug-likeness (QED) is 0.844. The summed E-state index contributed by atoms with van der Waals surface area (Å²) >= 11 is 0. The maximum atomic E-state index is 5.45. The van der Waals surface area contributed by atoms with Gasteiger partial charge in [0, 0.05) is 18.6 Å². The highest BCUT2D eigenvalue weighted by Crippen LogP contribution is 2.31. The van der Waals surface area contributed by atoms with E-state index in [0.717, 1.165) is 18.9 Å².